The van der Waals surface area contributed by atoms with Crippen LogP contribution in [0.25, 0.3) is 0 Å². The molecule has 2 aromatic rings. The molecule has 0 aliphatic rings. The van der Waals surface area contributed by atoms with E-state index in [1.54, 1.807) is 31.3 Å². The van der Waals surface area contributed by atoms with Crippen molar-refractivity contribution in [1.82, 2.24) is 4.98 Å². The maximum Gasteiger partial charge on any atom is 0.127 e. The Balaban J connectivity index is 2.18. The lowest BCUT2D eigenvalue weighted by atomic mass is 10.1. The van der Waals surface area contributed by atoms with Gasteiger partial charge in [-0.3, -0.25) is 0 Å². The number of hydrogen-bond acceptors (Lipinski definition) is 3. The minimum absolute atomic E-state index is 0.0865. The summed E-state index contributed by atoms with van der Waals surface area (Å²) >= 11 is 0. The van der Waals surface area contributed by atoms with Crippen LogP contribution in [0.3, 0.4) is 0 Å². The summed E-state index contributed by atoms with van der Waals surface area (Å²) in [6.45, 7) is 3.65. The van der Waals surface area contributed by atoms with E-state index in [4.69, 9.17) is 5.26 Å². The topological polar surface area (TPSA) is 48.7 Å². The molecular formula is C15H14FN3. The van der Waals surface area contributed by atoms with Gasteiger partial charge in [-0.2, -0.15) is 5.26 Å². The first-order valence-electron chi connectivity index (χ1n) is 5.99. The predicted octanol–water partition coefficient (Wildman–Crippen LogP) is 3.57. The van der Waals surface area contributed by atoms with E-state index in [0.29, 0.717) is 16.9 Å². The summed E-state index contributed by atoms with van der Waals surface area (Å²) in [7, 11) is 0. The quantitative estimate of drug-likeness (QED) is 0.912. The third-order valence-electron chi connectivity index (χ3n) is 2.95. The van der Waals surface area contributed by atoms with Crippen LogP contribution in [0, 0.1) is 24.1 Å². The lowest BCUT2D eigenvalue weighted by molar-refractivity contribution is 0.614. The first-order valence-corrected chi connectivity index (χ1v) is 5.99. The zero-order valence-corrected chi connectivity index (χ0v) is 10.8. The number of anilines is 1. The molecule has 96 valence electrons. The van der Waals surface area contributed by atoms with Crippen molar-refractivity contribution in [2.75, 3.05) is 5.32 Å². The molecule has 0 bridgehead atoms. The number of pyridine rings is 1. The molecule has 0 aliphatic carbocycles. The molecule has 1 aromatic carbocycles. The second-order valence-electron chi connectivity index (χ2n) is 4.42. The number of aryl methyl sites for hydroxylation is 1. The van der Waals surface area contributed by atoms with Crippen molar-refractivity contribution in [3.05, 3.63) is 59.0 Å². The highest BCUT2D eigenvalue weighted by Gasteiger charge is 2.08. The smallest absolute Gasteiger partial charge is 0.127 e. The minimum atomic E-state index is -0.218. The lowest BCUT2D eigenvalue weighted by Gasteiger charge is -2.15. The molecule has 3 nitrogen and oxygen atoms in total. The standard InChI is InChI=1S/C15H14FN3/c1-10-3-4-13(8-14(10)16)11(2)19-15-7-12(9-17)5-6-18-15/h3-8,11H,1-2H3,(H,18,19). The SMILES string of the molecule is Cc1ccc(C(C)Nc2cc(C#N)ccn2)cc1F. The van der Waals surface area contributed by atoms with Gasteiger partial charge in [0.25, 0.3) is 0 Å². The number of aromatic nitrogens is 1. The van der Waals surface area contributed by atoms with Gasteiger partial charge >= 0.3 is 0 Å². The fourth-order valence-corrected chi connectivity index (χ4v) is 1.76. The highest BCUT2D eigenvalue weighted by Crippen LogP contribution is 2.20. The Morgan fingerprint density at radius 3 is 2.79 bits per heavy atom. The van der Waals surface area contributed by atoms with E-state index < -0.39 is 0 Å². The van der Waals surface area contributed by atoms with Crippen LogP contribution >= 0.6 is 0 Å². The number of rotatable bonds is 3. The number of halogens is 1. The molecule has 1 atom stereocenters. The highest BCUT2D eigenvalue weighted by atomic mass is 19.1. The summed E-state index contributed by atoms with van der Waals surface area (Å²) in [4.78, 5) is 4.14. The van der Waals surface area contributed by atoms with Gasteiger partial charge < -0.3 is 5.32 Å². The normalized spacial score (nSPS) is 11.7. The van der Waals surface area contributed by atoms with Crippen LogP contribution in [-0.2, 0) is 0 Å². The van der Waals surface area contributed by atoms with Crippen LogP contribution in [0.1, 0.15) is 29.7 Å². The Morgan fingerprint density at radius 2 is 2.11 bits per heavy atom. The van der Waals surface area contributed by atoms with E-state index in [9.17, 15) is 4.39 Å². The van der Waals surface area contributed by atoms with Gasteiger partial charge in [-0.1, -0.05) is 12.1 Å². The van der Waals surface area contributed by atoms with Gasteiger partial charge in [-0.05, 0) is 43.2 Å². The van der Waals surface area contributed by atoms with E-state index in [0.717, 1.165) is 5.56 Å². The number of hydrogen-bond donors (Lipinski definition) is 1. The van der Waals surface area contributed by atoms with Gasteiger partial charge in [0.1, 0.15) is 11.6 Å². The first-order chi connectivity index (χ1) is 9.10. The van der Waals surface area contributed by atoms with Gasteiger partial charge in [-0.15, -0.1) is 0 Å². The molecule has 2 rings (SSSR count). The third kappa shape index (κ3) is 3.08. The van der Waals surface area contributed by atoms with Crippen LogP contribution in [0.15, 0.2) is 36.5 Å². The molecule has 0 saturated heterocycles. The van der Waals surface area contributed by atoms with E-state index in [2.05, 4.69) is 16.4 Å². The second-order valence-corrected chi connectivity index (χ2v) is 4.42. The zero-order valence-electron chi connectivity index (χ0n) is 10.8. The second kappa shape index (κ2) is 5.49. The molecule has 0 aliphatic heterocycles. The van der Waals surface area contributed by atoms with Gasteiger partial charge in [0.15, 0.2) is 0 Å². The Kier molecular flexibility index (Phi) is 3.76. The van der Waals surface area contributed by atoms with Crippen molar-refractivity contribution in [2.45, 2.75) is 19.9 Å². The van der Waals surface area contributed by atoms with E-state index in [-0.39, 0.29) is 11.9 Å². The minimum Gasteiger partial charge on any atom is -0.364 e. The lowest BCUT2D eigenvalue weighted by Crippen LogP contribution is -2.08. The Labute approximate surface area is 111 Å². The Bertz CT molecular complexity index is 632. The zero-order chi connectivity index (χ0) is 13.8. The fourth-order valence-electron chi connectivity index (χ4n) is 1.76. The molecule has 4 heteroatoms. The highest BCUT2D eigenvalue weighted by molar-refractivity contribution is 5.44. The Morgan fingerprint density at radius 1 is 1.32 bits per heavy atom. The fraction of sp³-hybridized carbons (Fsp3) is 0.200. The monoisotopic (exact) mass is 255 g/mol. The van der Waals surface area contributed by atoms with Crippen molar-refractivity contribution in [2.24, 2.45) is 0 Å². The molecule has 0 fully saturated rings. The van der Waals surface area contributed by atoms with Crippen LogP contribution < -0.4 is 5.32 Å². The average Bonchev–Trinajstić information content (AvgIpc) is 2.42. The van der Waals surface area contributed by atoms with Gasteiger partial charge in [-0.25, -0.2) is 9.37 Å². The maximum absolute atomic E-state index is 13.5. The van der Waals surface area contributed by atoms with Gasteiger partial charge in [0, 0.05) is 6.20 Å². The summed E-state index contributed by atoms with van der Waals surface area (Å²) in [5.41, 5.74) is 2.01. The summed E-state index contributed by atoms with van der Waals surface area (Å²) in [6, 6.07) is 10.4. The van der Waals surface area contributed by atoms with E-state index in [1.165, 1.54) is 6.07 Å². The number of nitrogens with one attached hydrogen (secondary N) is 1. The largest absolute Gasteiger partial charge is 0.364 e. The number of nitrogens with zero attached hydrogens (tertiary/aromatic N) is 2. The van der Waals surface area contributed by atoms with Crippen molar-refractivity contribution < 1.29 is 4.39 Å². The van der Waals surface area contributed by atoms with Gasteiger partial charge in [0.2, 0.25) is 0 Å². The van der Waals surface area contributed by atoms with Crippen molar-refractivity contribution in [1.29, 1.82) is 5.26 Å². The molecule has 1 N–H and O–H groups in total. The third-order valence-corrected chi connectivity index (χ3v) is 2.95. The summed E-state index contributed by atoms with van der Waals surface area (Å²) in [5, 5.41) is 12.0. The van der Waals surface area contributed by atoms with E-state index >= 15 is 0 Å². The van der Waals surface area contributed by atoms with Crippen LogP contribution in [0.4, 0.5) is 10.2 Å². The Hall–Kier alpha value is -2.41. The van der Waals surface area contributed by atoms with E-state index in [1.807, 2.05) is 13.0 Å². The summed E-state index contributed by atoms with van der Waals surface area (Å²) in [5.74, 6) is 0.386. The molecule has 0 spiro atoms. The summed E-state index contributed by atoms with van der Waals surface area (Å²) in [6.07, 6.45) is 1.57. The van der Waals surface area contributed by atoms with Gasteiger partial charge in [0.05, 0.1) is 17.7 Å². The molecule has 0 saturated carbocycles. The van der Waals surface area contributed by atoms with Crippen LogP contribution in [0.2, 0.25) is 0 Å². The molecule has 0 amide bonds. The number of benzene rings is 1. The maximum atomic E-state index is 13.5. The van der Waals surface area contributed by atoms with Crippen molar-refractivity contribution in [3.8, 4) is 6.07 Å². The van der Waals surface area contributed by atoms with Crippen LogP contribution in [0.5, 0.6) is 0 Å². The molecule has 1 unspecified atom stereocenters. The average molecular weight is 255 g/mol. The molecule has 1 heterocycles. The van der Waals surface area contributed by atoms with Crippen molar-refractivity contribution >= 4 is 5.82 Å². The first kappa shape index (κ1) is 13.0. The molecule has 19 heavy (non-hydrogen) atoms. The molecular weight excluding hydrogens is 241 g/mol. The van der Waals surface area contributed by atoms with Crippen molar-refractivity contribution in [3.63, 3.8) is 0 Å². The molecule has 1 aromatic heterocycles. The van der Waals surface area contributed by atoms with Crippen LogP contribution in [-0.4, -0.2) is 4.98 Å². The number of nitriles is 1. The summed E-state index contributed by atoms with van der Waals surface area (Å²) < 4.78 is 13.5. The molecule has 0 radical (unpaired) electrons. The predicted molar refractivity (Wildman–Crippen MR) is 72.1 cm³/mol.